The number of benzene rings is 2. The third-order valence-electron chi connectivity index (χ3n) is 3.46. The Kier molecular flexibility index (Phi) is 5.23. The molecule has 3 rings (SSSR count). The van der Waals surface area contributed by atoms with Crippen LogP contribution in [-0.4, -0.2) is 17.9 Å². The molecule has 0 amide bonds. The lowest BCUT2D eigenvalue weighted by atomic mass is 10.1. The van der Waals surface area contributed by atoms with Gasteiger partial charge in [0.2, 0.25) is 0 Å². The molecule has 0 N–H and O–H groups in total. The molecule has 1 aromatic heterocycles. The number of hydrogen-bond donors (Lipinski definition) is 0. The van der Waals surface area contributed by atoms with Crippen molar-refractivity contribution in [2.75, 3.05) is 7.11 Å². The SMILES string of the molecule is COc1cccc(Oc2ccccc2CC(=O)Cc2nccs2)c1. The minimum atomic E-state index is 0.117. The van der Waals surface area contributed by atoms with Crippen LogP contribution in [0.5, 0.6) is 17.2 Å². The normalized spacial score (nSPS) is 10.4. The second-order valence-corrected chi connectivity index (χ2v) is 6.19. The summed E-state index contributed by atoms with van der Waals surface area (Å²) < 4.78 is 11.1. The topological polar surface area (TPSA) is 48.4 Å². The molecule has 4 nitrogen and oxygen atoms in total. The van der Waals surface area contributed by atoms with E-state index in [1.54, 1.807) is 13.3 Å². The van der Waals surface area contributed by atoms with E-state index in [-0.39, 0.29) is 5.78 Å². The first-order valence-corrected chi connectivity index (χ1v) is 8.42. The van der Waals surface area contributed by atoms with Crippen LogP contribution >= 0.6 is 11.3 Å². The van der Waals surface area contributed by atoms with Gasteiger partial charge < -0.3 is 9.47 Å². The number of thiazole rings is 1. The van der Waals surface area contributed by atoms with E-state index in [9.17, 15) is 4.79 Å². The number of Topliss-reactive ketones (excluding diaryl/α,β-unsaturated/α-hetero) is 1. The second-order valence-electron chi connectivity index (χ2n) is 5.21. The quantitative estimate of drug-likeness (QED) is 0.644. The number of para-hydroxylation sites is 1. The Hall–Kier alpha value is -2.66. The van der Waals surface area contributed by atoms with Gasteiger partial charge in [-0.15, -0.1) is 11.3 Å². The lowest BCUT2D eigenvalue weighted by Crippen LogP contribution is -2.07. The molecule has 24 heavy (non-hydrogen) atoms. The number of carbonyl (C=O) groups is 1. The molecule has 0 unspecified atom stereocenters. The Labute approximate surface area is 144 Å². The van der Waals surface area contributed by atoms with Gasteiger partial charge in [0, 0.05) is 29.6 Å². The van der Waals surface area contributed by atoms with Crippen LogP contribution in [0.15, 0.2) is 60.1 Å². The molecule has 1 heterocycles. The van der Waals surface area contributed by atoms with Crippen LogP contribution in [0.3, 0.4) is 0 Å². The van der Waals surface area contributed by atoms with Crippen molar-refractivity contribution in [2.24, 2.45) is 0 Å². The number of ketones is 1. The number of methoxy groups -OCH3 is 1. The van der Waals surface area contributed by atoms with Gasteiger partial charge in [-0.1, -0.05) is 24.3 Å². The molecular formula is C19H17NO3S. The van der Waals surface area contributed by atoms with Gasteiger partial charge >= 0.3 is 0 Å². The molecule has 0 aliphatic rings. The van der Waals surface area contributed by atoms with Crippen LogP contribution in [0.2, 0.25) is 0 Å². The van der Waals surface area contributed by atoms with Crippen molar-refractivity contribution in [3.8, 4) is 17.2 Å². The average Bonchev–Trinajstić information content (AvgIpc) is 3.09. The minimum Gasteiger partial charge on any atom is -0.497 e. The number of carbonyl (C=O) groups excluding carboxylic acids is 1. The van der Waals surface area contributed by atoms with Gasteiger partial charge in [-0.3, -0.25) is 4.79 Å². The third-order valence-corrected chi connectivity index (χ3v) is 4.24. The summed E-state index contributed by atoms with van der Waals surface area (Å²) in [6, 6.07) is 15.0. The first kappa shape index (κ1) is 16.2. The predicted molar refractivity (Wildman–Crippen MR) is 94.0 cm³/mol. The van der Waals surface area contributed by atoms with Crippen LogP contribution in [0.1, 0.15) is 10.6 Å². The molecular weight excluding hydrogens is 322 g/mol. The number of nitrogens with zero attached hydrogens (tertiary/aromatic N) is 1. The number of rotatable bonds is 7. The Bertz CT molecular complexity index is 815. The van der Waals surface area contributed by atoms with E-state index < -0.39 is 0 Å². The van der Waals surface area contributed by atoms with Crippen LogP contribution in [-0.2, 0) is 17.6 Å². The maximum atomic E-state index is 12.3. The van der Waals surface area contributed by atoms with E-state index in [0.29, 0.717) is 24.3 Å². The van der Waals surface area contributed by atoms with E-state index in [2.05, 4.69) is 4.98 Å². The summed E-state index contributed by atoms with van der Waals surface area (Å²) in [6.45, 7) is 0. The average molecular weight is 339 g/mol. The summed E-state index contributed by atoms with van der Waals surface area (Å²) in [5, 5.41) is 2.72. The largest absolute Gasteiger partial charge is 0.497 e. The van der Waals surface area contributed by atoms with Gasteiger partial charge in [0.05, 0.1) is 18.5 Å². The maximum absolute atomic E-state index is 12.3. The molecule has 0 aliphatic heterocycles. The van der Waals surface area contributed by atoms with Crippen molar-refractivity contribution >= 4 is 17.1 Å². The molecule has 0 radical (unpaired) electrons. The summed E-state index contributed by atoms with van der Waals surface area (Å²) >= 11 is 1.50. The highest BCUT2D eigenvalue weighted by atomic mass is 32.1. The third kappa shape index (κ3) is 4.20. The van der Waals surface area contributed by atoms with Crippen LogP contribution < -0.4 is 9.47 Å². The van der Waals surface area contributed by atoms with Gasteiger partial charge in [0.15, 0.2) is 0 Å². The molecule has 0 aliphatic carbocycles. The fourth-order valence-corrected chi connectivity index (χ4v) is 2.97. The van der Waals surface area contributed by atoms with Crippen molar-refractivity contribution in [2.45, 2.75) is 12.8 Å². The van der Waals surface area contributed by atoms with Crippen molar-refractivity contribution in [3.05, 3.63) is 70.7 Å². The van der Waals surface area contributed by atoms with Crippen molar-refractivity contribution in [3.63, 3.8) is 0 Å². The Morgan fingerprint density at radius 1 is 1.08 bits per heavy atom. The number of aromatic nitrogens is 1. The van der Waals surface area contributed by atoms with E-state index in [4.69, 9.17) is 9.47 Å². The zero-order valence-electron chi connectivity index (χ0n) is 13.3. The zero-order valence-corrected chi connectivity index (χ0v) is 14.1. The van der Waals surface area contributed by atoms with Gasteiger partial charge in [0.25, 0.3) is 0 Å². The lowest BCUT2D eigenvalue weighted by molar-refractivity contribution is -0.117. The van der Waals surface area contributed by atoms with Gasteiger partial charge in [0.1, 0.15) is 23.0 Å². The molecule has 0 atom stereocenters. The highest BCUT2D eigenvalue weighted by molar-refractivity contribution is 7.09. The van der Waals surface area contributed by atoms with Gasteiger partial charge in [-0.2, -0.15) is 0 Å². The Morgan fingerprint density at radius 2 is 1.92 bits per heavy atom. The zero-order chi connectivity index (χ0) is 16.8. The van der Waals surface area contributed by atoms with Crippen LogP contribution in [0.4, 0.5) is 0 Å². The molecule has 122 valence electrons. The van der Waals surface area contributed by atoms with Gasteiger partial charge in [-0.25, -0.2) is 4.98 Å². The number of hydrogen-bond acceptors (Lipinski definition) is 5. The summed E-state index contributed by atoms with van der Waals surface area (Å²) in [7, 11) is 1.62. The second kappa shape index (κ2) is 7.75. The fourth-order valence-electron chi connectivity index (χ4n) is 2.32. The summed E-state index contributed by atoms with van der Waals surface area (Å²) in [5.74, 6) is 2.20. The molecule has 0 saturated heterocycles. The standard InChI is InChI=1S/C19H17NO3S/c1-22-16-6-4-7-17(13-16)23-18-8-3-2-5-14(18)11-15(21)12-19-20-9-10-24-19/h2-10,13H,11-12H2,1H3. The summed E-state index contributed by atoms with van der Waals surface area (Å²) in [6.07, 6.45) is 2.39. The van der Waals surface area contributed by atoms with E-state index in [1.807, 2.05) is 53.9 Å². The van der Waals surface area contributed by atoms with Crippen molar-refractivity contribution < 1.29 is 14.3 Å². The Balaban J connectivity index is 1.73. The number of ether oxygens (including phenoxy) is 2. The molecule has 5 heteroatoms. The predicted octanol–water partition coefficient (Wildman–Crippen LogP) is 4.30. The fraction of sp³-hybridized carbons (Fsp3) is 0.158. The van der Waals surface area contributed by atoms with Crippen LogP contribution in [0, 0.1) is 0 Å². The Morgan fingerprint density at radius 3 is 2.71 bits per heavy atom. The highest BCUT2D eigenvalue weighted by Crippen LogP contribution is 2.28. The van der Waals surface area contributed by atoms with Crippen molar-refractivity contribution in [1.82, 2.24) is 4.98 Å². The molecule has 2 aromatic carbocycles. The van der Waals surface area contributed by atoms with Crippen LogP contribution in [0.25, 0.3) is 0 Å². The first-order valence-electron chi connectivity index (χ1n) is 7.54. The van der Waals surface area contributed by atoms with Gasteiger partial charge in [-0.05, 0) is 18.2 Å². The maximum Gasteiger partial charge on any atom is 0.144 e. The summed E-state index contributed by atoms with van der Waals surface area (Å²) in [5.41, 5.74) is 0.863. The van der Waals surface area contributed by atoms with E-state index >= 15 is 0 Å². The lowest BCUT2D eigenvalue weighted by Gasteiger charge is -2.11. The van der Waals surface area contributed by atoms with E-state index in [0.717, 1.165) is 16.3 Å². The molecule has 0 bridgehead atoms. The minimum absolute atomic E-state index is 0.117. The molecule has 0 spiro atoms. The molecule has 0 fully saturated rings. The summed E-state index contributed by atoms with van der Waals surface area (Å²) in [4.78, 5) is 16.4. The highest BCUT2D eigenvalue weighted by Gasteiger charge is 2.11. The first-order chi connectivity index (χ1) is 11.7. The van der Waals surface area contributed by atoms with Crippen molar-refractivity contribution in [1.29, 1.82) is 0 Å². The molecule has 0 saturated carbocycles. The van der Waals surface area contributed by atoms with E-state index in [1.165, 1.54) is 11.3 Å². The molecule has 3 aromatic rings. The smallest absolute Gasteiger partial charge is 0.144 e. The monoisotopic (exact) mass is 339 g/mol.